The minimum Gasteiger partial charge on any atom is -0.349 e. The van der Waals surface area contributed by atoms with E-state index in [9.17, 15) is 14.4 Å². The molecule has 0 radical (unpaired) electrons. The molecule has 8 nitrogen and oxygen atoms in total. The summed E-state index contributed by atoms with van der Waals surface area (Å²) in [7, 11) is 0. The second-order valence-corrected chi connectivity index (χ2v) is 8.19. The van der Waals surface area contributed by atoms with Crippen LogP contribution in [0.25, 0.3) is 5.65 Å². The first-order valence-electron chi connectivity index (χ1n) is 10.8. The van der Waals surface area contributed by atoms with Gasteiger partial charge in [-0.05, 0) is 31.4 Å². The number of imidazole rings is 1. The molecule has 1 saturated carbocycles. The molecule has 0 spiro atoms. The number of aryl methyl sites for hydroxylation is 1. The third kappa shape index (κ3) is 4.49. The fourth-order valence-corrected chi connectivity index (χ4v) is 4.10. The van der Waals surface area contributed by atoms with Crippen LogP contribution in [0.1, 0.15) is 63.7 Å². The maximum atomic E-state index is 13.0. The lowest BCUT2D eigenvalue weighted by Gasteiger charge is -2.17. The molecule has 0 bridgehead atoms. The Balaban J connectivity index is 1.60. The number of hydrogen-bond acceptors (Lipinski definition) is 4. The van der Waals surface area contributed by atoms with E-state index in [0.717, 1.165) is 36.9 Å². The Hall–Kier alpha value is -3.68. The van der Waals surface area contributed by atoms with Gasteiger partial charge in [-0.1, -0.05) is 25.0 Å². The topological polar surface area (TPSA) is 97.5 Å². The SMILES string of the molecule is C=CCNC(=O)c1cn(C2CCCC2)cc(C(=O)NCc2cn3cc(C)ccc3n2)c1=O. The van der Waals surface area contributed by atoms with Crippen molar-refractivity contribution in [2.24, 2.45) is 0 Å². The summed E-state index contributed by atoms with van der Waals surface area (Å²) in [6.45, 7) is 5.99. The molecule has 3 heterocycles. The van der Waals surface area contributed by atoms with Crippen LogP contribution < -0.4 is 16.1 Å². The molecule has 4 rings (SSSR count). The van der Waals surface area contributed by atoms with Crippen LogP contribution in [0.4, 0.5) is 0 Å². The van der Waals surface area contributed by atoms with Crippen molar-refractivity contribution in [1.82, 2.24) is 24.6 Å². The smallest absolute Gasteiger partial charge is 0.257 e. The fourth-order valence-electron chi connectivity index (χ4n) is 4.10. The Morgan fingerprint density at radius 1 is 1.09 bits per heavy atom. The van der Waals surface area contributed by atoms with Gasteiger partial charge in [0.15, 0.2) is 0 Å². The number of carbonyl (C=O) groups is 2. The van der Waals surface area contributed by atoms with E-state index in [-0.39, 0.29) is 30.3 Å². The Bertz CT molecular complexity index is 1230. The van der Waals surface area contributed by atoms with Gasteiger partial charge in [0.25, 0.3) is 11.8 Å². The minimum absolute atomic E-state index is 0.0328. The summed E-state index contributed by atoms with van der Waals surface area (Å²) in [6.07, 6.45) is 12.6. The Kier molecular flexibility index (Phi) is 6.20. The Labute approximate surface area is 186 Å². The molecule has 32 heavy (non-hydrogen) atoms. The predicted octanol–water partition coefficient (Wildman–Crippen LogP) is 2.77. The highest BCUT2D eigenvalue weighted by Crippen LogP contribution is 2.29. The van der Waals surface area contributed by atoms with Crippen molar-refractivity contribution >= 4 is 17.5 Å². The lowest BCUT2D eigenvalue weighted by molar-refractivity contribution is 0.0948. The van der Waals surface area contributed by atoms with E-state index in [1.165, 1.54) is 0 Å². The van der Waals surface area contributed by atoms with E-state index in [4.69, 9.17) is 0 Å². The molecule has 0 aromatic carbocycles. The summed E-state index contributed by atoms with van der Waals surface area (Å²) >= 11 is 0. The molecule has 166 valence electrons. The molecule has 0 aliphatic heterocycles. The average Bonchev–Trinajstić information content (AvgIpc) is 3.45. The fraction of sp³-hybridized carbons (Fsp3) is 0.333. The van der Waals surface area contributed by atoms with Gasteiger partial charge >= 0.3 is 0 Å². The summed E-state index contributed by atoms with van der Waals surface area (Å²) in [6, 6.07) is 4.06. The van der Waals surface area contributed by atoms with E-state index in [1.807, 2.05) is 40.4 Å². The molecule has 1 fully saturated rings. The first kappa shape index (κ1) is 21.5. The molecular weight excluding hydrogens is 406 g/mol. The first-order chi connectivity index (χ1) is 15.5. The molecule has 8 heteroatoms. The van der Waals surface area contributed by atoms with Crippen LogP contribution in [0.3, 0.4) is 0 Å². The first-order valence-corrected chi connectivity index (χ1v) is 10.8. The van der Waals surface area contributed by atoms with Crippen molar-refractivity contribution in [2.75, 3.05) is 6.54 Å². The molecule has 2 N–H and O–H groups in total. The standard InChI is InChI=1S/C24H27N5O3/c1-3-10-25-23(31)19-14-28(18-6-4-5-7-18)15-20(22(19)30)24(32)26-11-17-13-29-12-16(2)8-9-21(29)27-17/h3,8-9,12-15,18H,1,4-7,10-11H2,2H3,(H,25,31)(H,26,32). The van der Waals surface area contributed by atoms with Crippen LogP contribution in [0.2, 0.25) is 0 Å². The van der Waals surface area contributed by atoms with E-state index in [0.29, 0.717) is 5.69 Å². The van der Waals surface area contributed by atoms with Crippen LogP contribution >= 0.6 is 0 Å². The molecule has 0 atom stereocenters. The third-order valence-corrected chi connectivity index (χ3v) is 5.77. The second-order valence-electron chi connectivity index (χ2n) is 8.19. The summed E-state index contributed by atoms with van der Waals surface area (Å²) in [4.78, 5) is 43.0. The monoisotopic (exact) mass is 433 g/mol. The lowest BCUT2D eigenvalue weighted by atomic mass is 10.1. The zero-order valence-corrected chi connectivity index (χ0v) is 18.1. The van der Waals surface area contributed by atoms with Gasteiger partial charge in [-0.15, -0.1) is 6.58 Å². The maximum Gasteiger partial charge on any atom is 0.257 e. The Morgan fingerprint density at radius 3 is 2.47 bits per heavy atom. The second kappa shape index (κ2) is 9.21. The normalized spacial score (nSPS) is 13.9. The summed E-state index contributed by atoms with van der Waals surface area (Å²) in [5, 5.41) is 5.42. The highest BCUT2D eigenvalue weighted by molar-refractivity contribution is 5.99. The van der Waals surface area contributed by atoms with Gasteiger partial charge in [-0.25, -0.2) is 4.98 Å². The van der Waals surface area contributed by atoms with Crippen molar-refractivity contribution in [3.05, 3.63) is 82.2 Å². The molecule has 1 aliphatic carbocycles. The molecule has 0 unspecified atom stereocenters. The van der Waals surface area contributed by atoms with Crippen molar-refractivity contribution in [3.8, 4) is 0 Å². The number of nitrogens with zero attached hydrogens (tertiary/aromatic N) is 3. The largest absolute Gasteiger partial charge is 0.349 e. The van der Waals surface area contributed by atoms with Crippen molar-refractivity contribution in [2.45, 2.75) is 45.2 Å². The van der Waals surface area contributed by atoms with Crippen molar-refractivity contribution in [1.29, 1.82) is 0 Å². The molecular formula is C24H27N5O3. The quantitative estimate of drug-likeness (QED) is 0.560. The van der Waals surface area contributed by atoms with Crippen LogP contribution in [0, 0.1) is 6.92 Å². The van der Waals surface area contributed by atoms with Gasteiger partial charge in [0.05, 0.1) is 12.2 Å². The Morgan fingerprint density at radius 2 is 1.78 bits per heavy atom. The van der Waals surface area contributed by atoms with E-state index in [2.05, 4.69) is 22.2 Å². The van der Waals surface area contributed by atoms with Crippen LogP contribution in [0.5, 0.6) is 0 Å². The summed E-state index contributed by atoms with van der Waals surface area (Å²) in [5.41, 5.74) is 1.91. The predicted molar refractivity (Wildman–Crippen MR) is 122 cm³/mol. The van der Waals surface area contributed by atoms with Gasteiger partial charge in [-0.3, -0.25) is 14.4 Å². The summed E-state index contributed by atoms with van der Waals surface area (Å²) < 4.78 is 3.74. The lowest BCUT2D eigenvalue weighted by Crippen LogP contribution is -2.35. The highest BCUT2D eigenvalue weighted by atomic mass is 16.2. The van der Waals surface area contributed by atoms with Gasteiger partial charge in [-0.2, -0.15) is 0 Å². The van der Waals surface area contributed by atoms with E-state index in [1.54, 1.807) is 18.5 Å². The average molecular weight is 434 g/mol. The number of pyridine rings is 2. The van der Waals surface area contributed by atoms with Crippen LogP contribution in [-0.4, -0.2) is 32.3 Å². The zero-order valence-electron chi connectivity index (χ0n) is 18.1. The molecule has 1 aliphatic rings. The number of nitrogens with one attached hydrogen (secondary N) is 2. The minimum atomic E-state index is -0.580. The summed E-state index contributed by atoms with van der Waals surface area (Å²) in [5.74, 6) is -1.03. The zero-order chi connectivity index (χ0) is 22.7. The molecule has 0 saturated heterocycles. The molecule has 3 aromatic rings. The maximum absolute atomic E-state index is 13.0. The van der Waals surface area contributed by atoms with Crippen LogP contribution in [-0.2, 0) is 6.54 Å². The van der Waals surface area contributed by atoms with Gasteiger partial charge < -0.3 is 19.6 Å². The number of aromatic nitrogens is 3. The number of hydrogen-bond donors (Lipinski definition) is 2. The number of fused-ring (bicyclic) bond motifs is 1. The number of rotatable bonds is 7. The van der Waals surface area contributed by atoms with E-state index >= 15 is 0 Å². The van der Waals surface area contributed by atoms with Crippen molar-refractivity contribution in [3.63, 3.8) is 0 Å². The molecule has 2 amide bonds. The van der Waals surface area contributed by atoms with Crippen molar-refractivity contribution < 1.29 is 9.59 Å². The van der Waals surface area contributed by atoms with Gasteiger partial charge in [0.1, 0.15) is 16.8 Å². The highest BCUT2D eigenvalue weighted by Gasteiger charge is 2.23. The van der Waals surface area contributed by atoms with Gasteiger partial charge in [0.2, 0.25) is 5.43 Å². The third-order valence-electron chi connectivity index (χ3n) is 5.77. The molecule has 3 aromatic heterocycles. The van der Waals surface area contributed by atoms with Gasteiger partial charge in [0, 0.05) is 37.4 Å². The van der Waals surface area contributed by atoms with Crippen LogP contribution in [0.15, 0.2) is 54.4 Å². The number of carbonyl (C=O) groups excluding carboxylic acids is 2. The number of amides is 2. The van der Waals surface area contributed by atoms with E-state index < -0.39 is 17.2 Å².